The van der Waals surface area contributed by atoms with Crippen molar-refractivity contribution in [1.29, 1.82) is 0 Å². The highest BCUT2D eigenvalue weighted by Gasteiger charge is 2.20. The van der Waals surface area contributed by atoms with Gasteiger partial charge in [-0.15, -0.1) is 9.78 Å². The average Bonchev–Trinajstić information content (AvgIpc) is 2.84. The van der Waals surface area contributed by atoms with Crippen LogP contribution < -0.4 is 0 Å². The highest BCUT2D eigenvalue weighted by atomic mass is 17.3. The molecule has 0 N–H and O–H groups in total. The van der Waals surface area contributed by atoms with E-state index in [-0.39, 0.29) is 13.2 Å². The molecule has 0 aromatic heterocycles. The molecule has 8 heteroatoms. The van der Waals surface area contributed by atoms with Crippen LogP contribution in [0.1, 0.15) is 52.6 Å². The van der Waals surface area contributed by atoms with Crippen LogP contribution in [0.15, 0.2) is 48.5 Å². The standard InChI is InChI=1S/C24H30O8/c1-4-18-7-11-20(12-8-18)23(25)31-29-22(17-28-16-15-27-6-3)30-32-24(26)21-13-9-19(5-2)10-14-21/h7-14,22H,4-6,15-17H2,1-3H3. The Morgan fingerprint density at radius 1 is 0.688 bits per heavy atom. The molecule has 174 valence electrons. The number of carbonyl (C=O) groups excluding carboxylic acids is 2. The number of carbonyl (C=O) groups is 2. The second-order valence-electron chi connectivity index (χ2n) is 6.74. The van der Waals surface area contributed by atoms with Crippen LogP contribution in [-0.2, 0) is 41.9 Å². The third kappa shape index (κ3) is 8.76. The Kier molecular flexibility index (Phi) is 11.4. The predicted molar refractivity (Wildman–Crippen MR) is 116 cm³/mol. The number of hydrogen-bond donors (Lipinski definition) is 0. The summed E-state index contributed by atoms with van der Waals surface area (Å²) in [7, 11) is 0. The van der Waals surface area contributed by atoms with Gasteiger partial charge in [0.05, 0.1) is 24.3 Å². The van der Waals surface area contributed by atoms with Crippen LogP contribution >= 0.6 is 0 Å². The second-order valence-corrected chi connectivity index (χ2v) is 6.74. The normalized spacial score (nSPS) is 10.9. The van der Waals surface area contributed by atoms with E-state index in [1.165, 1.54) is 0 Å². The Morgan fingerprint density at radius 2 is 1.12 bits per heavy atom. The molecule has 32 heavy (non-hydrogen) atoms. The number of aryl methyl sites for hydroxylation is 2. The first-order chi connectivity index (χ1) is 15.6. The number of rotatable bonds is 14. The van der Waals surface area contributed by atoms with E-state index >= 15 is 0 Å². The summed E-state index contributed by atoms with van der Waals surface area (Å²) in [6.45, 7) is 6.94. The smallest absolute Gasteiger partial charge is 0.373 e. The van der Waals surface area contributed by atoms with Gasteiger partial charge in [0.15, 0.2) is 0 Å². The fourth-order valence-electron chi connectivity index (χ4n) is 2.56. The molecule has 0 bridgehead atoms. The molecule has 0 atom stereocenters. The van der Waals surface area contributed by atoms with Crippen molar-refractivity contribution in [3.05, 3.63) is 70.8 Å². The van der Waals surface area contributed by atoms with E-state index in [9.17, 15) is 9.59 Å². The van der Waals surface area contributed by atoms with Crippen LogP contribution in [0.5, 0.6) is 0 Å². The van der Waals surface area contributed by atoms with Crippen molar-refractivity contribution >= 4 is 11.9 Å². The number of ether oxygens (including phenoxy) is 2. The van der Waals surface area contributed by atoms with Gasteiger partial charge >= 0.3 is 11.9 Å². The lowest BCUT2D eigenvalue weighted by atomic mass is 10.1. The molecule has 0 amide bonds. The minimum Gasteiger partial charge on any atom is -0.379 e. The molecule has 0 aliphatic rings. The maximum Gasteiger partial charge on any atom is 0.373 e. The Labute approximate surface area is 188 Å². The molecule has 2 aromatic carbocycles. The van der Waals surface area contributed by atoms with Gasteiger partial charge < -0.3 is 9.47 Å². The largest absolute Gasteiger partial charge is 0.379 e. The molecule has 0 heterocycles. The molecule has 0 saturated carbocycles. The van der Waals surface area contributed by atoms with Crippen molar-refractivity contribution in [3.63, 3.8) is 0 Å². The molecule has 0 aliphatic heterocycles. The predicted octanol–water partition coefficient (Wildman–Crippen LogP) is 4.07. The van der Waals surface area contributed by atoms with Crippen molar-refractivity contribution in [1.82, 2.24) is 0 Å². The van der Waals surface area contributed by atoms with Gasteiger partial charge in [0, 0.05) is 6.61 Å². The zero-order chi connectivity index (χ0) is 23.2. The maximum atomic E-state index is 12.2. The zero-order valence-corrected chi connectivity index (χ0v) is 18.7. The van der Waals surface area contributed by atoms with E-state index in [1.54, 1.807) is 24.3 Å². The number of benzene rings is 2. The highest BCUT2D eigenvalue weighted by Crippen LogP contribution is 2.10. The van der Waals surface area contributed by atoms with Gasteiger partial charge in [-0.25, -0.2) is 9.59 Å². The molecule has 2 rings (SSSR count). The summed E-state index contributed by atoms with van der Waals surface area (Å²) < 4.78 is 10.6. The molecule has 0 spiro atoms. The first kappa shape index (κ1) is 25.5. The third-order valence-corrected chi connectivity index (χ3v) is 4.49. The molecular weight excluding hydrogens is 416 g/mol. The molecule has 2 aromatic rings. The van der Waals surface area contributed by atoms with E-state index in [0.29, 0.717) is 24.3 Å². The lowest BCUT2D eigenvalue weighted by molar-refractivity contribution is -0.427. The fraction of sp³-hybridized carbons (Fsp3) is 0.417. The fourth-order valence-corrected chi connectivity index (χ4v) is 2.56. The van der Waals surface area contributed by atoms with Crippen LogP contribution in [0.2, 0.25) is 0 Å². The van der Waals surface area contributed by atoms with E-state index in [4.69, 9.17) is 29.0 Å². The minimum absolute atomic E-state index is 0.156. The first-order valence-corrected chi connectivity index (χ1v) is 10.7. The Balaban J connectivity index is 1.89. The third-order valence-electron chi connectivity index (χ3n) is 4.49. The second kappa shape index (κ2) is 14.3. The Morgan fingerprint density at radius 3 is 1.53 bits per heavy atom. The van der Waals surface area contributed by atoms with Crippen molar-refractivity contribution < 1.29 is 38.6 Å². The first-order valence-electron chi connectivity index (χ1n) is 10.7. The van der Waals surface area contributed by atoms with Gasteiger partial charge in [-0.2, -0.15) is 0 Å². The SMILES string of the molecule is CCOCCOCC(OOC(=O)c1ccc(CC)cc1)OOC(=O)c1ccc(CC)cc1. The van der Waals surface area contributed by atoms with E-state index < -0.39 is 18.2 Å². The lowest BCUT2D eigenvalue weighted by Crippen LogP contribution is -2.27. The molecule has 8 nitrogen and oxygen atoms in total. The van der Waals surface area contributed by atoms with Crippen molar-refractivity contribution in [2.24, 2.45) is 0 Å². The van der Waals surface area contributed by atoms with Crippen molar-refractivity contribution in [2.45, 2.75) is 39.9 Å². The molecule has 0 radical (unpaired) electrons. The van der Waals surface area contributed by atoms with Gasteiger partial charge in [0.1, 0.15) is 6.61 Å². The summed E-state index contributed by atoms with van der Waals surface area (Å²) in [4.78, 5) is 44.2. The summed E-state index contributed by atoms with van der Waals surface area (Å²) in [6, 6.07) is 13.9. The van der Waals surface area contributed by atoms with Crippen molar-refractivity contribution in [3.8, 4) is 0 Å². The topological polar surface area (TPSA) is 89.5 Å². The van der Waals surface area contributed by atoms with Gasteiger partial charge in [-0.05, 0) is 55.2 Å². The Bertz CT molecular complexity index is 753. The van der Waals surface area contributed by atoms with Crippen LogP contribution in [0.3, 0.4) is 0 Å². The quantitative estimate of drug-likeness (QED) is 0.186. The molecule has 0 saturated heterocycles. The molecular formula is C24H30O8. The highest BCUT2D eigenvalue weighted by molar-refractivity contribution is 5.89. The zero-order valence-electron chi connectivity index (χ0n) is 18.7. The average molecular weight is 446 g/mol. The molecule has 0 fully saturated rings. The summed E-state index contributed by atoms with van der Waals surface area (Å²) in [5.74, 6) is -1.42. The molecule has 0 unspecified atom stereocenters. The maximum absolute atomic E-state index is 12.2. The van der Waals surface area contributed by atoms with Gasteiger partial charge in [-0.3, -0.25) is 9.78 Å². The minimum atomic E-state index is -1.28. The van der Waals surface area contributed by atoms with Crippen LogP contribution in [0, 0.1) is 0 Å². The van der Waals surface area contributed by atoms with Crippen LogP contribution in [0.4, 0.5) is 0 Å². The van der Waals surface area contributed by atoms with E-state index in [0.717, 1.165) is 24.0 Å². The van der Waals surface area contributed by atoms with Gasteiger partial charge in [0.25, 0.3) is 6.29 Å². The summed E-state index contributed by atoms with van der Waals surface area (Å²) in [5.41, 5.74) is 2.80. The van der Waals surface area contributed by atoms with E-state index in [1.807, 2.05) is 45.0 Å². The summed E-state index contributed by atoms with van der Waals surface area (Å²) >= 11 is 0. The lowest BCUT2D eigenvalue weighted by Gasteiger charge is -2.15. The van der Waals surface area contributed by atoms with Crippen LogP contribution in [0.25, 0.3) is 0 Å². The summed E-state index contributed by atoms with van der Waals surface area (Å²) in [6.07, 6.45) is 0.426. The van der Waals surface area contributed by atoms with Gasteiger partial charge in [-0.1, -0.05) is 38.1 Å². The van der Waals surface area contributed by atoms with Crippen molar-refractivity contribution in [2.75, 3.05) is 26.4 Å². The summed E-state index contributed by atoms with van der Waals surface area (Å²) in [5, 5.41) is 0. The molecule has 0 aliphatic carbocycles. The van der Waals surface area contributed by atoms with E-state index in [2.05, 4.69) is 0 Å². The Hall–Kier alpha value is -2.78. The van der Waals surface area contributed by atoms with Crippen LogP contribution in [-0.4, -0.2) is 44.7 Å². The monoisotopic (exact) mass is 446 g/mol. The van der Waals surface area contributed by atoms with Gasteiger partial charge in [0.2, 0.25) is 0 Å². The number of hydrogen-bond acceptors (Lipinski definition) is 8.